The van der Waals surface area contributed by atoms with Crippen molar-refractivity contribution in [2.45, 2.75) is 39.2 Å². The molecule has 0 radical (unpaired) electrons. The van der Waals surface area contributed by atoms with Gasteiger partial charge < -0.3 is 5.32 Å². The topological polar surface area (TPSA) is 48.7 Å². The third-order valence-corrected chi connectivity index (χ3v) is 3.98. The van der Waals surface area contributed by atoms with Crippen LogP contribution in [0.15, 0.2) is 18.3 Å². The molecule has 0 spiro atoms. The maximum Gasteiger partial charge on any atom is 0.144 e. The van der Waals surface area contributed by atoms with Crippen LogP contribution in [0.5, 0.6) is 0 Å². The second kappa shape index (κ2) is 5.29. The van der Waals surface area contributed by atoms with Crippen LogP contribution in [-0.4, -0.2) is 11.5 Å². The van der Waals surface area contributed by atoms with Crippen molar-refractivity contribution in [3.05, 3.63) is 29.6 Å². The Balaban J connectivity index is 1.88. The molecule has 0 atom stereocenters. The molecule has 1 N–H and O–H groups in total. The Bertz CT molecular complexity index is 410. The van der Waals surface area contributed by atoms with Crippen molar-refractivity contribution in [1.82, 2.24) is 10.3 Å². The highest BCUT2D eigenvalue weighted by Gasteiger charge is 2.34. The van der Waals surface area contributed by atoms with E-state index in [4.69, 9.17) is 5.26 Å². The Kier molecular flexibility index (Phi) is 3.75. The number of aromatic nitrogens is 1. The lowest BCUT2D eigenvalue weighted by atomic mass is 9.67. The Morgan fingerprint density at radius 2 is 2.35 bits per heavy atom. The standard InChI is InChI=1S/C14H19N3/c1-2-14(6-4-7-14)11-16-10-12-5-3-8-17-13(12)9-15/h3,5,8,16H,2,4,6-7,10-11H2,1H3. The van der Waals surface area contributed by atoms with Gasteiger partial charge in [0.2, 0.25) is 0 Å². The summed E-state index contributed by atoms with van der Waals surface area (Å²) in [6.45, 7) is 4.08. The summed E-state index contributed by atoms with van der Waals surface area (Å²) in [6.07, 6.45) is 6.97. The van der Waals surface area contributed by atoms with Gasteiger partial charge in [0.05, 0.1) is 0 Å². The van der Waals surface area contributed by atoms with Crippen molar-refractivity contribution < 1.29 is 0 Å². The maximum atomic E-state index is 8.94. The highest BCUT2D eigenvalue weighted by molar-refractivity contribution is 5.30. The highest BCUT2D eigenvalue weighted by atomic mass is 14.9. The van der Waals surface area contributed by atoms with Crippen molar-refractivity contribution in [3.63, 3.8) is 0 Å². The van der Waals surface area contributed by atoms with Gasteiger partial charge >= 0.3 is 0 Å². The number of hydrogen-bond acceptors (Lipinski definition) is 3. The minimum absolute atomic E-state index is 0.523. The molecule has 1 aromatic heterocycles. The molecule has 0 saturated heterocycles. The van der Waals surface area contributed by atoms with Crippen LogP contribution in [0.2, 0.25) is 0 Å². The molecule has 1 aliphatic carbocycles. The first-order chi connectivity index (χ1) is 8.29. The van der Waals surface area contributed by atoms with E-state index in [0.717, 1.165) is 18.7 Å². The van der Waals surface area contributed by atoms with Crippen molar-refractivity contribution in [2.24, 2.45) is 5.41 Å². The zero-order chi connectivity index (χ0) is 12.1. The summed E-state index contributed by atoms with van der Waals surface area (Å²) >= 11 is 0. The summed E-state index contributed by atoms with van der Waals surface area (Å²) < 4.78 is 0. The highest BCUT2D eigenvalue weighted by Crippen LogP contribution is 2.43. The molecule has 1 saturated carbocycles. The van der Waals surface area contributed by atoms with Gasteiger partial charge in [-0.3, -0.25) is 0 Å². The van der Waals surface area contributed by atoms with E-state index in [9.17, 15) is 0 Å². The van der Waals surface area contributed by atoms with E-state index in [1.165, 1.54) is 25.7 Å². The number of nitriles is 1. The van der Waals surface area contributed by atoms with Crippen LogP contribution in [-0.2, 0) is 6.54 Å². The first-order valence-corrected chi connectivity index (χ1v) is 6.34. The van der Waals surface area contributed by atoms with E-state index in [2.05, 4.69) is 23.3 Å². The lowest BCUT2D eigenvalue weighted by molar-refractivity contribution is 0.124. The molecule has 0 bridgehead atoms. The van der Waals surface area contributed by atoms with Crippen molar-refractivity contribution >= 4 is 0 Å². The van der Waals surface area contributed by atoms with E-state index in [-0.39, 0.29) is 0 Å². The molecule has 17 heavy (non-hydrogen) atoms. The lowest BCUT2D eigenvalue weighted by Crippen LogP contribution is -2.39. The summed E-state index contributed by atoms with van der Waals surface area (Å²) in [7, 11) is 0. The van der Waals surface area contributed by atoms with Gasteiger partial charge in [-0.1, -0.05) is 19.4 Å². The van der Waals surface area contributed by atoms with Gasteiger partial charge in [0.15, 0.2) is 0 Å². The first kappa shape index (κ1) is 12.1. The number of nitrogens with zero attached hydrogens (tertiary/aromatic N) is 2. The van der Waals surface area contributed by atoms with Gasteiger partial charge in [0.25, 0.3) is 0 Å². The smallest absolute Gasteiger partial charge is 0.144 e. The monoisotopic (exact) mass is 229 g/mol. The van der Waals surface area contributed by atoms with Crippen molar-refractivity contribution in [1.29, 1.82) is 5.26 Å². The second-order valence-corrected chi connectivity index (χ2v) is 4.93. The quantitative estimate of drug-likeness (QED) is 0.844. The number of rotatable bonds is 5. The Morgan fingerprint density at radius 1 is 1.53 bits per heavy atom. The third kappa shape index (κ3) is 2.65. The van der Waals surface area contributed by atoms with Gasteiger partial charge in [0, 0.05) is 24.8 Å². The van der Waals surface area contributed by atoms with Crippen LogP contribution in [0.4, 0.5) is 0 Å². The van der Waals surface area contributed by atoms with E-state index in [1.54, 1.807) is 6.20 Å². The Labute approximate surface area is 103 Å². The van der Waals surface area contributed by atoms with Crippen LogP contribution < -0.4 is 5.32 Å². The molecule has 3 nitrogen and oxygen atoms in total. The van der Waals surface area contributed by atoms with E-state index >= 15 is 0 Å². The van der Waals surface area contributed by atoms with Crippen molar-refractivity contribution in [2.75, 3.05) is 6.54 Å². The molecule has 0 aromatic carbocycles. The predicted octanol–water partition coefficient (Wildman–Crippen LogP) is 2.62. The third-order valence-electron chi connectivity index (χ3n) is 3.98. The average Bonchev–Trinajstić information content (AvgIpc) is 2.33. The predicted molar refractivity (Wildman–Crippen MR) is 67.2 cm³/mol. The second-order valence-electron chi connectivity index (χ2n) is 4.93. The van der Waals surface area contributed by atoms with Crippen LogP contribution in [0.1, 0.15) is 43.9 Å². The van der Waals surface area contributed by atoms with Crippen LogP contribution in [0.3, 0.4) is 0 Å². The fourth-order valence-corrected chi connectivity index (χ4v) is 2.48. The molecule has 1 aromatic rings. The molecule has 1 aliphatic rings. The summed E-state index contributed by atoms with van der Waals surface area (Å²) in [5.41, 5.74) is 2.06. The number of hydrogen-bond donors (Lipinski definition) is 1. The SMILES string of the molecule is CCC1(CNCc2cccnc2C#N)CCC1. The van der Waals surface area contributed by atoms with Crippen LogP contribution in [0.25, 0.3) is 0 Å². The molecule has 0 aliphatic heterocycles. The molecule has 1 heterocycles. The molecule has 0 amide bonds. The molecular weight excluding hydrogens is 210 g/mol. The zero-order valence-electron chi connectivity index (χ0n) is 10.4. The van der Waals surface area contributed by atoms with Gasteiger partial charge in [-0.2, -0.15) is 5.26 Å². The molecule has 3 heteroatoms. The van der Waals surface area contributed by atoms with E-state index in [1.807, 2.05) is 12.1 Å². The van der Waals surface area contributed by atoms with E-state index in [0.29, 0.717) is 11.1 Å². The lowest BCUT2D eigenvalue weighted by Gasteiger charge is -2.41. The van der Waals surface area contributed by atoms with E-state index < -0.39 is 0 Å². The van der Waals surface area contributed by atoms with Crippen LogP contribution >= 0.6 is 0 Å². The molecule has 2 rings (SSSR count). The summed E-state index contributed by atoms with van der Waals surface area (Å²) in [5.74, 6) is 0. The largest absolute Gasteiger partial charge is 0.312 e. The molecule has 1 fully saturated rings. The zero-order valence-corrected chi connectivity index (χ0v) is 10.4. The Hall–Kier alpha value is -1.40. The van der Waals surface area contributed by atoms with Gasteiger partial charge in [-0.15, -0.1) is 0 Å². The van der Waals surface area contributed by atoms with Gasteiger partial charge in [0.1, 0.15) is 11.8 Å². The summed E-state index contributed by atoms with van der Waals surface area (Å²) in [4.78, 5) is 4.07. The number of pyridine rings is 1. The van der Waals surface area contributed by atoms with Crippen LogP contribution in [0, 0.1) is 16.7 Å². The minimum atomic E-state index is 0.523. The van der Waals surface area contributed by atoms with Gasteiger partial charge in [-0.05, 0) is 30.7 Å². The first-order valence-electron chi connectivity index (χ1n) is 6.34. The molecule has 90 valence electrons. The normalized spacial score (nSPS) is 17.2. The maximum absolute atomic E-state index is 8.94. The molecular formula is C14H19N3. The fourth-order valence-electron chi connectivity index (χ4n) is 2.48. The Morgan fingerprint density at radius 3 is 2.94 bits per heavy atom. The average molecular weight is 229 g/mol. The summed E-state index contributed by atoms with van der Waals surface area (Å²) in [6, 6.07) is 5.99. The van der Waals surface area contributed by atoms with Crippen molar-refractivity contribution in [3.8, 4) is 6.07 Å². The molecule has 0 unspecified atom stereocenters. The fraction of sp³-hybridized carbons (Fsp3) is 0.571. The minimum Gasteiger partial charge on any atom is -0.312 e. The summed E-state index contributed by atoms with van der Waals surface area (Å²) in [5, 5.41) is 12.4. The number of nitrogens with one attached hydrogen (secondary N) is 1. The van der Waals surface area contributed by atoms with Gasteiger partial charge in [-0.25, -0.2) is 4.98 Å².